The first-order chi connectivity index (χ1) is 16.2. The van der Waals surface area contributed by atoms with Crippen LogP contribution in [0.5, 0.6) is 0 Å². The molecular formula is C25H21ClF3N3O2. The van der Waals surface area contributed by atoms with Gasteiger partial charge in [-0.2, -0.15) is 13.2 Å². The molecule has 34 heavy (non-hydrogen) atoms. The van der Waals surface area contributed by atoms with E-state index in [-0.39, 0.29) is 22.3 Å². The van der Waals surface area contributed by atoms with Gasteiger partial charge in [0.1, 0.15) is 0 Å². The van der Waals surface area contributed by atoms with Crippen molar-refractivity contribution >= 4 is 34.9 Å². The number of nitrogens with one attached hydrogen (secondary N) is 1. The number of benzene rings is 3. The minimum atomic E-state index is -4.48. The second kappa shape index (κ2) is 9.77. The van der Waals surface area contributed by atoms with E-state index >= 15 is 0 Å². The van der Waals surface area contributed by atoms with Gasteiger partial charge in [-0.3, -0.25) is 9.69 Å². The summed E-state index contributed by atoms with van der Waals surface area (Å²) in [5.74, 6) is -0.608. The summed E-state index contributed by atoms with van der Waals surface area (Å²) in [4.78, 5) is 29.1. The summed E-state index contributed by atoms with van der Waals surface area (Å²) in [6.07, 6.45) is -3.71. The molecule has 0 bridgehead atoms. The summed E-state index contributed by atoms with van der Waals surface area (Å²) >= 11 is 6.25. The lowest BCUT2D eigenvalue weighted by Gasteiger charge is -2.36. The van der Waals surface area contributed by atoms with Crippen molar-refractivity contribution in [2.24, 2.45) is 0 Å². The van der Waals surface area contributed by atoms with Gasteiger partial charge >= 0.3 is 12.2 Å². The Bertz CT molecular complexity index is 1180. The molecule has 1 fully saturated rings. The summed E-state index contributed by atoms with van der Waals surface area (Å²) in [7, 11) is 0. The first kappa shape index (κ1) is 23.6. The van der Waals surface area contributed by atoms with Crippen LogP contribution in [0.4, 0.5) is 29.3 Å². The lowest BCUT2D eigenvalue weighted by molar-refractivity contribution is -0.137. The molecule has 0 atom stereocenters. The minimum absolute atomic E-state index is 0.0533. The number of anilines is 2. The Balaban J connectivity index is 1.50. The van der Waals surface area contributed by atoms with Crippen molar-refractivity contribution in [3.63, 3.8) is 0 Å². The van der Waals surface area contributed by atoms with E-state index in [4.69, 9.17) is 11.6 Å². The zero-order valence-corrected chi connectivity index (χ0v) is 18.7. The van der Waals surface area contributed by atoms with Gasteiger partial charge in [-0.15, -0.1) is 0 Å². The van der Waals surface area contributed by atoms with Crippen LogP contribution >= 0.6 is 11.6 Å². The number of carbonyl (C=O) groups is 2. The molecule has 0 saturated carbocycles. The summed E-state index contributed by atoms with van der Waals surface area (Å²) in [5, 5.41) is 2.87. The molecule has 3 aromatic carbocycles. The molecule has 3 aromatic rings. The molecule has 0 radical (unpaired) electrons. The number of nitrogens with zero attached hydrogens (tertiary/aromatic N) is 2. The Hall–Kier alpha value is -3.52. The molecule has 1 saturated heterocycles. The summed E-state index contributed by atoms with van der Waals surface area (Å²) in [6, 6.07) is 18.3. The molecule has 1 aliphatic rings. The lowest BCUT2D eigenvalue weighted by Crippen LogP contribution is -2.49. The quantitative estimate of drug-likeness (QED) is 0.450. The maximum atomic E-state index is 13.1. The van der Waals surface area contributed by atoms with Crippen molar-refractivity contribution in [1.82, 2.24) is 4.90 Å². The van der Waals surface area contributed by atoms with E-state index in [2.05, 4.69) is 5.32 Å². The predicted octanol–water partition coefficient (Wildman–Crippen LogP) is 6.44. The van der Waals surface area contributed by atoms with Gasteiger partial charge in [0.25, 0.3) is 5.91 Å². The van der Waals surface area contributed by atoms with E-state index in [0.29, 0.717) is 25.3 Å². The van der Waals surface area contributed by atoms with Crippen LogP contribution in [0.3, 0.4) is 0 Å². The van der Waals surface area contributed by atoms with Crippen LogP contribution in [0.25, 0.3) is 0 Å². The molecule has 176 valence electrons. The van der Waals surface area contributed by atoms with Gasteiger partial charge in [-0.05, 0) is 54.4 Å². The smallest absolute Gasteiger partial charge is 0.321 e. The van der Waals surface area contributed by atoms with Crippen LogP contribution in [0.15, 0.2) is 72.8 Å². The molecule has 4 rings (SSSR count). The van der Waals surface area contributed by atoms with Crippen molar-refractivity contribution in [2.75, 3.05) is 23.3 Å². The maximum Gasteiger partial charge on any atom is 0.416 e. The third-order valence-corrected chi connectivity index (χ3v) is 5.84. The lowest BCUT2D eigenvalue weighted by atomic mass is 10.1. The normalized spacial score (nSPS) is 14.3. The number of hydrogen-bond donors (Lipinski definition) is 1. The molecule has 1 aliphatic heterocycles. The third kappa shape index (κ3) is 5.34. The number of halogens is 4. The van der Waals surface area contributed by atoms with E-state index in [0.717, 1.165) is 36.2 Å². The number of urea groups is 1. The van der Waals surface area contributed by atoms with Crippen molar-refractivity contribution in [3.8, 4) is 0 Å². The molecule has 0 unspecified atom stereocenters. The SMILES string of the molecule is O=C(Nc1cc(N2CCCN(Cc3ccccc3)C2=O)ccc1Cl)c1ccc(C(F)(F)F)cc1. The van der Waals surface area contributed by atoms with Crippen LogP contribution in [0.1, 0.15) is 27.9 Å². The van der Waals surface area contributed by atoms with Crippen molar-refractivity contribution < 1.29 is 22.8 Å². The van der Waals surface area contributed by atoms with E-state index in [1.54, 1.807) is 28.0 Å². The van der Waals surface area contributed by atoms with Gasteiger partial charge in [0.05, 0.1) is 16.3 Å². The molecule has 0 spiro atoms. The number of hydrogen-bond acceptors (Lipinski definition) is 2. The van der Waals surface area contributed by atoms with Gasteiger partial charge in [-0.1, -0.05) is 41.9 Å². The van der Waals surface area contributed by atoms with Gasteiger partial charge < -0.3 is 10.2 Å². The van der Waals surface area contributed by atoms with Crippen LogP contribution in [-0.4, -0.2) is 29.9 Å². The van der Waals surface area contributed by atoms with Crippen molar-refractivity contribution in [1.29, 1.82) is 0 Å². The first-order valence-corrected chi connectivity index (χ1v) is 11.0. The molecule has 1 heterocycles. The van der Waals surface area contributed by atoms with Crippen LogP contribution in [0.2, 0.25) is 5.02 Å². The van der Waals surface area contributed by atoms with Crippen LogP contribution in [0, 0.1) is 0 Å². The van der Waals surface area contributed by atoms with E-state index in [1.807, 2.05) is 30.3 Å². The van der Waals surface area contributed by atoms with Gasteiger partial charge in [0, 0.05) is 30.9 Å². The average Bonchev–Trinajstić information content (AvgIpc) is 2.82. The Kier molecular flexibility index (Phi) is 6.79. The maximum absolute atomic E-state index is 13.1. The first-order valence-electron chi connectivity index (χ1n) is 10.6. The highest BCUT2D eigenvalue weighted by Gasteiger charge is 2.30. The van der Waals surface area contributed by atoms with Gasteiger partial charge in [0.15, 0.2) is 0 Å². The average molecular weight is 488 g/mol. The molecule has 0 aliphatic carbocycles. The fourth-order valence-corrected chi connectivity index (χ4v) is 3.92. The standard InChI is InChI=1S/C25H21ClF3N3O2/c26-21-12-11-20(32-14-4-13-31(24(32)34)16-17-5-2-1-3-6-17)15-22(21)30-23(33)18-7-9-19(10-8-18)25(27,28)29/h1-3,5-12,15H,4,13-14,16H2,(H,30,33). The number of amides is 3. The molecular weight excluding hydrogens is 467 g/mol. The van der Waals surface area contributed by atoms with Crippen LogP contribution in [-0.2, 0) is 12.7 Å². The van der Waals surface area contributed by atoms with E-state index < -0.39 is 17.6 Å². The molecule has 5 nitrogen and oxygen atoms in total. The highest BCUT2D eigenvalue weighted by molar-refractivity contribution is 6.34. The second-order valence-corrected chi connectivity index (χ2v) is 8.30. The van der Waals surface area contributed by atoms with Crippen molar-refractivity contribution in [3.05, 3.63) is 94.5 Å². The third-order valence-electron chi connectivity index (χ3n) is 5.51. The zero-order chi connectivity index (χ0) is 24.3. The predicted molar refractivity (Wildman–Crippen MR) is 125 cm³/mol. The van der Waals surface area contributed by atoms with Crippen LogP contribution < -0.4 is 10.2 Å². The largest absolute Gasteiger partial charge is 0.416 e. The van der Waals surface area contributed by atoms with Crippen molar-refractivity contribution in [2.45, 2.75) is 19.1 Å². The molecule has 3 amide bonds. The Morgan fingerprint density at radius 1 is 0.971 bits per heavy atom. The van der Waals surface area contributed by atoms with Gasteiger partial charge in [-0.25, -0.2) is 4.79 Å². The molecule has 9 heteroatoms. The molecule has 1 N–H and O–H groups in total. The second-order valence-electron chi connectivity index (χ2n) is 7.89. The monoisotopic (exact) mass is 487 g/mol. The van der Waals surface area contributed by atoms with E-state index in [9.17, 15) is 22.8 Å². The summed E-state index contributed by atoms with van der Waals surface area (Å²) < 4.78 is 38.3. The summed E-state index contributed by atoms with van der Waals surface area (Å²) in [5.41, 5.74) is 1.07. The van der Waals surface area contributed by atoms with E-state index in [1.165, 1.54) is 0 Å². The fourth-order valence-electron chi connectivity index (χ4n) is 3.75. The molecule has 0 aromatic heterocycles. The zero-order valence-electron chi connectivity index (χ0n) is 18.0. The number of alkyl halides is 3. The Morgan fingerprint density at radius 2 is 1.68 bits per heavy atom. The highest BCUT2D eigenvalue weighted by Crippen LogP contribution is 2.31. The topological polar surface area (TPSA) is 52.7 Å². The number of rotatable bonds is 5. The minimum Gasteiger partial charge on any atom is -0.321 e. The Morgan fingerprint density at radius 3 is 2.35 bits per heavy atom. The number of carbonyl (C=O) groups excluding carboxylic acids is 2. The highest BCUT2D eigenvalue weighted by atomic mass is 35.5. The fraction of sp³-hybridized carbons (Fsp3) is 0.200. The van der Waals surface area contributed by atoms with Gasteiger partial charge in [0.2, 0.25) is 0 Å². The Labute approximate surface area is 199 Å². The summed E-state index contributed by atoms with van der Waals surface area (Å²) in [6.45, 7) is 1.63.